The van der Waals surface area contributed by atoms with E-state index < -0.39 is 0 Å². The van der Waals surface area contributed by atoms with Crippen LogP contribution in [0.4, 0.5) is 5.69 Å². The molecule has 3 aromatic rings. The molecule has 0 atom stereocenters. The average Bonchev–Trinajstić information content (AvgIpc) is 3.05. The molecule has 0 bridgehead atoms. The molecule has 0 saturated carbocycles. The zero-order valence-electron chi connectivity index (χ0n) is 15.2. The highest BCUT2D eigenvalue weighted by molar-refractivity contribution is 7.99. The Morgan fingerprint density at radius 3 is 2.65 bits per heavy atom. The molecule has 0 radical (unpaired) electrons. The number of carbonyl (C=O) groups excluding carboxylic acids is 1. The van der Waals surface area contributed by atoms with Crippen molar-refractivity contribution in [1.82, 2.24) is 14.8 Å². The lowest BCUT2D eigenvalue weighted by Crippen LogP contribution is -2.15. The number of carbonyl (C=O) groups is 1. The highest BCUT2D eigenvalue weighted by Crippen LogP contribution is 2.25. The maximum absolute atomic E-state index is 12.3. The van der Waals surface area contributed by atoms with E-state index in [2.05, 4.69) is 41.5 Å². The summed E-state index contributed by atoms with van der Waals surface area (Å²) in [5.74, 6) is 1.07. The Labute approximate surface area is 157 Å². The van der Waals surface area contributed by atoms with Gasteiger partial charge in [-0.1, -0.05) is 53.7 Å². The Kier molecular flexibility index (Phi) is 5.73. The van der Waals surface area contributed by atoms with Crippen molar-refractivity contribution in [1.29, 1.82) is 0 Å². The minimum Gasteiger partial charge on any atom is -0.325 e. The van der Waals surface area contributed by atoms with E-state index >= 15 is 0 Å². The van der Waals surface area contributed by atoms with Crippen molar-refractivity contribution in [2.45, 2.75) is 32.5 Å². The summed E-state index contributed by atoms with van der Waals surface area (Å²) in [6.07, 6.45) is 0. The van der Waals surface area contributed by atoms with Crippen LogP contribution in [0, 0.1) is 13.8 Å². The quantitative estimate of drug-likeness (QED) is 0.660. The van der Waals surface area contributed by atoms with Gasteiger partial charge in [0.2, 0.25) is 5.91 Å². The molecule has 0 spiro atoms. The van der Waals surface area contributed by atoms with E-state index in [0.717, 1.165) is 34.3 Å². The fourth-order valence-electron chi connectivity index (χ4n) is 2.71. The lowest BCUT2D eigenvalue weighted by atomic mass is 10.1. The SMILES string of the molecule is CCn1c(SCC(=O)Nc2ccccc2C)nnc1-c1cccc(C)c1. The van der Waals surface area contributed by atoms with Crippen LogP contribution in [-0.4, -0.2) is 26.4 Å². The Morgan fingerprint density at radius 2 is 1.92 bits per heavy atom. The van der Waals surface area contributed by atoms with Gasteiger partial charge < -0.3 is 9.88 Å². The number of benzene rings is 2. The molecule has 6 heteroatoms. The highest BCUT2D eigenvalue weighted by Gasteiger charge is 2.15. The third-order valence-corrected chi connectivity index (χ3v) is 5.03. The predicted molar refractivity (Wildman–Crippen MR) is 106 cm³/mol. The molecule has 0 fully saturated rings. The first-order valence-electron chi connectivity index (χ1n) is 8.57. The van der Waals surface area contributed by atoms with E-state index in [1.165, 1.54) is 17.3 Å². The molecule has 0 saturated heterocycles. The van der Waals surface area contributed by atoms with Crippen LogP contribution in [0.3, 0.4) is 0 Å². The number of aryl methyl sites for hydroxylation is 2. The molecule has 3 rings (SSSR count). The van der Waals surface area contributed by atoms with Gasteiger partial charge in [-0.3, -0.25) is 4.79 Å². The predicted octanol–water partition coefficient (Wildman–Crippen LogP) is 4.31. The number of rotatable bonds is 6. The second-order valence-corrected chi connectivity index (χ2v) is 7.01. The molecule has 0 unspecified atom stereocenters. The monoisotopic (exact) mass is 366 g/mol. The molecule has 26 heavy (non-hydrogen) atoms. The van der Waals surface area contributed by atoms with Crippen molar-refractivity contribution < 1.29 is 4.79 Å². The Hall–Kier alpha value is -2.60. The normalized spacial score (nSPS) is 10.7. The molecule has 1 N–H and O–H groups in total. The summed E-state index contributed by atoms with van der Waals surface area (Å²) >= 11 is 1.40. The average molecular weight is 366 g/mol. The molecule has 134 valence electrons. The second-order valence-electron chi connectivity index (χ2n) is 6.07. The molecular formula is C20H22N4OS. The van der Waals surface area contributed by atoms with E-state index in [1.54, 1.807) is 0 Å². The molecule has 1 amide bonds. The van der Waals surface area contributed by atoms with Crippen LogP contribution in [0.15, 0.2) is 53.7 Å². The van der Waals surface area contributed by atoms with Gasteiger partial charge in [-0.05, 0) is 38.5 Å². The highest BCUT2D eigenvalue weighted by atomic mass is 32.2. The van der Waals surface area contributed by atoms with E-state index in [0.29, 0.717) is 5.75 Å². The Balaban J connectivity index is 1.71. The van der Waals surface area contributed by atoms with E-state index in [4.69, 9.17) is 0 Å². The van der Waals surface area contributed by atoms with Gasteiger partial charge in [0.05, 0.1) is 5.75 Å². The standard InChI is InChI=1S/C20H22N4OS/c1-4-24-19(16-10-7-8-14(2)12-16)22-23-20(24)26-13-18(25)21-17-11-6-5-9-15(17)3/h5-12H,4,13H2,1-3H3,(H,21,25). The van der Waals surface area contributed by atoms with Crippen LogP contribution in [0.2, 0.25) is 0 Å². The first-order chi connectivity index (χ1) is 12.6. The van der Waals surface area contributed by atoms with Crippen LogP contribution in [0.25, 0.3) is 11.4 Å². The zero-order chi connectivity index (χ0) is 18.5. The number of anilines is 1. The number of para-hydroxylation sites is 1. The summed E-state index contributed by atoms with van der Waals surface area (Å²) in [6, 6.07) is 15.9. The summed E-state index contributed by atoms with van der Waals surface area (Å²) in [6.45, 7) is 6.84. The van der Waals surface area contributed by atoms with Crippen molar-refractivity contribution in [2.24, 2.45) is 0 Å². The molecule has 1 heterocycles. The molecule has 1 aromatic heterocycles. The van der Waals surface area contributed by atoms with Crippen LogP contribution in [0.1, 0.15) is 18.1 Å². The number of nitrogens with one attached hydrogen (secondary N) is 1. The van der Waals surface area contributed by atoms with E-state index in [-0.39, 0.29) is 5.91 Å². The molecule has 0 aliphatic heterocycles. The number of hydrogen-bond donors (Lipinski definition) is 1. The number of nitrogens with zero attached hydrogens (tertiary/aromatic N) is 3. The minimum absolute atomic E-state index is 0.0490. The summed E-state index contributed by atoms with van der Waals surface area (Å²) in [5, 5.41) is 12.3. The third kappa shape index (κ3) is 4.14. The van der Waals surface area contributed by atoms with E-state index in [1.807, 2.05) is 47.9 Å². The molecular weight excluding hydrogens is 344 g/mol. The first kappa shape index (κ1) is 18.2. The van der Waals surface area contributed by atoms with Crippen molar-refractivity contribution >= 4 is 23.4 Å². The molecule has 5 nitrogen and oxygen atoms in total. The van der Waals surface area contributed by atoms with Gasteiger partial charge >= 0.3 is 0 Å². The number of amides is 1. The first-order valence-corrected chi connectivity index (χ1v) is 9.55. The summed E-state index contributed by atoms with van der Waals surface area (Å²) < 4.78 is 2.04. The van der Waals surface area contributed by atoms with Gasteiger partial charge in [0.1, 0.15) is 0 Å². The largest absolute Gasteiger partial charge is 0.325 e. The van der Waals surface area contributed by atoms with Crippen molar-refractivity contribution in [3.8, 4) is 11.4 Å². The zero-order valence-corrected chi connectivity index (χ0v) is 16.0. The smallest absolute Gasteiger partial charge is 0.234 e. The van der Waals surface area contributed by atoms with Gasteiger partial charge in [0.25, 0.3) is 0 Å². The number of thioether (sulfide) groups is 1. The van der Waals surface area contributed by atoms with Crippen molar-refractivity contribution in [3.63, 3.8) is 0 Å². The van der Waals surface area contributed by atoms with Gasteiger partial charge in [-0.2, -0.15) is 0 Å². The summed E-state index contributed by atoms with van der Waals surface area (Å²) in [5.41, 5.74) is 4.11. The molecule has 2 aromatic carbocycles. The van der Waals surface area contributed by atoms with Crippen molar-refractivity contribution in [3.05, 3.63) is 59.7 Å². The van der Waals surface area contributed by atoms with Crippen LogP contribution < -0.4 is 5.32 Å². The topological polar surface area (TPSA) is 59.8 Å². The maximum atomic E-state index is 12.3. The molecule has 0 aliphatic carbocycles. The van der Waals surface area contributed by atoms with Crippen LogP contribution in [0.5, 0.6) is 0 Å². The van der Waals surface area contributed by atoms with E-state index in [9.17, 15) is 4.79 Å². The number of hydrogen-bond acceptors (Lipinski definition) is 4. The number of aromatic nitrogens is 3. The van der Waals surface area contributed by atoms with Crippen LogP contribution in [-0.2, 0) is 11.3 Å². The Morgan fingerprint density at radius 1 is 1.12 bits per heavy atom. The summed E-state index contributed by atoms with van der Waals surface area (Å²) in [7, 11) is 0. The second kappa shape index (κ2) is 8.19. The van der Waals surface area contributed by atoms with Crippen molar-refractivity contribution in [2.75, 3.05) is 11.1 Å². The molecule has 0 aliphatic rings. The lowest BCUT2D eigenvalue weighted by Gasteiger charge is -2.09. The fourth-order valence-corrected chi connectivity index (χ4v) is 3.51. The fraction of sp³-hybridized carbons (Fsp3) is 0.250. The minimum atomic E-state index is -0.0490. The van der Waals surface area contributed by atoms with Gasteiger partial charge in [-0.25, -0.2) is 0 Å². The lowest BCUT2D eigenvalue weighted by molar-refractivity contribution is -0.113. The van der Waals surface area contributed by atoms with Gasteiger partial charge in [-0.15, -0.1) is 10.2 Å². The van der Waals surface area contributed by atoms with Gasteiger partial charge in [0, 0.05) is 17.8 Å². The maximum Gasteiger partial charge on any atom is 0.234 e. The Bertz CT molecular complexity index is 920. The van der Waals surface area contributed by atoms with Crippen LogP contribution >= 0.6 is 11.8 Å². The summed E-state index contributed by atoms with van der Waals surface area (Å²) in [4.78, 5) is 12.3. The van der Waals surface area contributed by atoms with Gasteiger partial charge in [0.15, 0.2) is 11.0 Å². The third-order valence-electron chi connectivity index (χ3n) is 4.06.